The molecule has 4 heteroatoms. The van der Waals surface area contributed by atoms with Crippen LogP contribution in [0.5, 0.6) is 5.75 Å². The summed E-state index contributed by atoms with van der Waals surface area (Å²) in [6.07, 6.45) is 3.75. The van der Waals surface area contributed by atoms with Gasteiger partial charge in [-0.2, -0.15) is 5.10 Å². The molecule has 0 saturated heterocycles. The molecule has 1 aromatic carbocycles. The second-order valence-corrected chi connectivity index (χ2v) is 4.89. The van der Waals surface area contributed by atoms with Crippen LogP contribution in [0.4, 0.5) is 0 Å². The van der Waals surface area contributed by atoms with Crippen LogP contribution in [0.15, 0.2) is 36.7 Å². The summed E-state index contributed by atoms with van der Waals surface area (Å²) < 4.78 is 7.31. The standard InChI is InChI=1S/C15H21N3O/c1-12(2)16-10-13-5-6-15(19-3)14(9-13)11-18-8-4-7-17-18/h4-9,12,16H,10-11H2,1-3H3. The molecule has 0 aliphatic rings. The van der Waals surface area contributed by atoms with Crippen molar-refractivity contribution in [3.05, 3.63) is 47.8 Å². The first-order chi connectivity index (χ1) is 9.19. The maximum Gasteiger partial charge on any atom is 0.123 e. The van der Waals surface area contributed by atoms with Gasteiger partial charge in [0, 0.05) is 30.5 Å². The molecule has 102 valence electrons. The highest BCUT2D eigenvalue weighted by Gasteiger charge is 2.06. The fourth-order valence-electron chi connectivity index (χ4n) is 1.96. The maximum absolute atomic E-state index is 5.41. The highest BCUT2D eigenvalue weighted by atomic mass is 16.5. The van der Waals surface area contributed by atoms with Gasteiger partial charge in [0.15, 0.2) is 0 Å². The lowest BCUT2D eigenvalue weighted by Gasteiger charge is -2.13. The van der Waals surface area contributed by atoms with E-state index in [-0.39, 0.29) is 0 Å². The number of nitrogens with one attached hydrogen (secondary N) is 1. The van der Waals surface area contributed by atoms with E-state index >= 15 is 0 Å². The van der Waals surface area contributed by atoms with Gasteiger partial charge in [0.25, 0.3) is 0 Å². The summed E-state index contributed by atoms with van der Waals surface area (Å²) in [4.78, 5) is 0. The van der Waals surface area contributed by atoms with Crippen LogP contribution >= 0.6 is 0 Å². The molecule has 0 fully saturated rings. The van der Waals surface area contributed by atoms with Gasteiger partial charge >= 0.3 is 0 Å². The molecule has 2 aromatic rings. The van der Waals surface area contributed by atoms with E-state index in [2.05, 4.69) is 36.4 Å². The van der Waals surface area contributed by atoms with Crippen LogP contribution < -0.4 is 10.1 Å². The summed E-state index contributed by atoms with van der Waals surface area (Å²) in [7, 11) is 1.70. The summed E-state index contributed by atoms with van der Waals surface area (Å²) in [5.74, 6) is 0.906. The van der Waals surface area contributed by atoms with Gasteiger partial charge in [-0.05, 0) is 23.8 Å². The van der Waals surface area contributed by atoms with Crippen LogP contribution in [0.3, 0.4) is 0 Å². The molecule has 0 atom stereocenters. The van der Waals surface area contributed by atoms with Crippen molar-refractivity contribution in [3.63, 3.8) is 0 Å². The number of hydrogen-bond acceptors (Lipinski definition) is 3. The Morgan fingerprint density at radius 3 is 2.84 bits per heavy atom. The molecule has 0 radical (unpaired) electrons. The van der Waals surface area contributed by atoms with Gasteiger partial charge in [-0.25, -0.2) is 0 Å². The molecular weight excluding hydrogens is 238 g/mol. The van der Waals surface area contributed by atoms with E-state index in [1.807, 2.05) is 23.0 Å². The first-order valence-electron chi connectivity index (χ1n) is 6.55. The Balaban J connectivity index is 2.16. The van der Waals surface area contributed by atoms with Crippen molar-refractivity contribution in [2.75, 3.05) is 7.11 Å². The van der Waals surface area contributed by atoms with E-state index in [1.165, 1.54) is 5.56 Å². The van der Waals surface area contributed by atoms with Gasteiger partial charge in [0.05, 0.1) is 13.7 Å². The zero-order chi connectivity index (χ0) is 13.7. The van der Waals surface area contributed by atoms with Crippen molar-refractivity contribution in [3.8, 4) is 5.75 Å². The average molecular weight is 259 g/mol. The smallest absolute Gasteiger partial charge is 0.123 e. The summed E-state index contributed by atoms with van der Waals surface area (Å²) in [6.45, 7) is 5.89. The molecule has 1 heterocycles. The lowest BCUT2D eigenvalue weighted by atomic mass is 10.1. The lowest BCUT2D eigenvalue weighted by Crippen LogP contribution is -2.21. The Morgan fingerprint density at radius 2 is 2.21 bits per heavy atom. The largest absolute Gasteiger partial charge is 0.496 e. The van der Waals surface area contributed by atoms with Crippen molar-refractivity contribution in [1.29, 1.82) is 0 Å². The fourth-order valence-corrected chi connectivity index (χ4v) is 1.96. The Kier molecular flexibility index (Phi) is 4.58. The maximum atomic E-state index is 5.41. The number of methoxy groups -OCH3 is 1. The molecule has 0 amide bonds. The SMILES string of the molecule is COc1ccc(CNC(C)C)cc1Cn1cccn1. The molecule has 0 unspecified atom stereocenters. The second-order valence-electron chi connectivity index (χ2n) is 4.89. The molecule has 1 aromatic heterocycles. The van der Waals surface area contributed by atoms with E-state index in [0.29, 0.717) is 6.04 Å². The highest BCUT2D eigenvalue weighted by Crippen LogP contribution is 2.20. The van der Waals surface area contributed by atoms with Gasteiger partial charge in [-0.15, -0.1) is 0 Å². The van der Waals surface area contributed by atoms with Crippen LogP contribution in [0.2, 0.25) is 0 Å². The topological polar surface area (TPSA) is 39.1 Å². The lowest BCUT2D eigenvalue weighted by molar-refractivity contribution is 0.407. The molecule has 4 nitrogen and oxygen atoms in total. The van der Waals surface area contributed by atoms with E-state index < -0.39 is 0 Å². The van der Waals surface area contributed by atoms with Crippen molar-refractivity contribution < 1.29 is 4.74 Å². The van der Waals surface area contributed by atoms with Gasteiger partial charge < -0.3 is 10.1 Å². The number of rotatable bonds is 6. The minimum atomic E-state index is 0.483. The zero-order valence-corrected chi connectivity index (χ0v) is 11.8. The molecule has 0 saturated carbocycles. The quantitative estimate of drug-likeness (QED) is 0.866. The van der Waals surface area contributed by atoms with Crippen LogP contribution in [-0.2, 0) is 13.1 Å². The number of hydrogen-bond donors (Lipinski definition) is 1. The first-order valence-corrected chi connectivity index (χ1v) is 6.55. The first kappa shape index (κ1) is 13.6. The highest BCUT2D eigenvalue weighted by molar-refractivity contribution is 5.37. The summed E-state index contributed by atoms with van der Waals surface area (Å²) >= 11 is 0. The predicted octanol–water partition coefficient (Wildman–Crippen LogP) is 2.44. The van der Waals surface area contributed by atoms with Gasteiger partial charge in [0.2, 0.25) is 0 Å². The molecular formula is C15H21N3O. The Labute approximate surface area is 114 Å². The molecule has 1 N–H and O–H groups in total. The molecule has 0 aliphatic carbocycles. The summed E-state index contributed by atoms with van der Waals surface area (Å²) in [5.41, 5.74) is 2.41. The normalized spacial score (nSPS) is 10.9. The van der Waals surface area contributed by atoms with Crippen LogP contribution in [-0.4, -0.2) is 22.9 Å². The summed E-state index contributed by atoms with van der Waals surface area (Å²) in [5, 5.41) is 7.66. The number of ether oxygens (including phenoxy) is 1. The van der Waals surface area contributed by atoms with Crippen molar-refractivity contribution in [2.24, 2.45) is 0 Å². The Bertz CT molecular complexity index is 506. The van der Waals surface area contributed by atoms with Crippen LogP contribution in [0, 0.1) is 0 Å². The summed E-state index contributed by atoms with van der Waals surface area (Å²) in [6, 6.07) is 8.71. The Morgan fingerprint density at radius 1 is 1.37 bits per heavy atom. The number of nitrogens with zero attached hydrogens (tertiary/aromatic N) is 2. The van der Waals surface area contributed by atoms with E-state index in [1.54, 1.807) is 13.3 Å². The third-order valence-corrected chi connectivity index (χ3v) is 2.95. The van der Waals surface area contributed by atoms with E-state index in [4.69, 9.17) is 4.74 Å². The molecule has 0 spiro atoms. The van der Waals surface area contributed by atoms with Crippen molar-refractivity contribution in [2.45, 2.75) is 33.0 Å². The number of aromatic nitrogens is 2. The van der Waals surface area contributed by atoms with Crippen molar-refractivity contribution in [1.82, 2.24) is 15.1 Å². The van der Waals surface area contributed by atoms with Crippen molar-refractivity contribution >= 4 is 0 Å². The fraction of sp³-hybridized carbons (Fsp3) is 0.400. The second kappa shape index (κ2) is 6.38. The Hall–Kier alpha value is -1.81. The third kappa shape index (κ3) is 3.83. The average Bonchev–Trinajstić information content (AvgIpc) is 2.89. The monoisotopic (exact) mass is 259 g/mol. The van der Waals surface area contributed by atoms with E-state index in [9.17, 15) is 0 Å². The predicted molar refractivity (Wildman–Crippen MR) is 76.3 cm³/mol. The number of benzene rings is 1. The van der Waals surface area contributed by atoms with Gasteiger partial charge in [-0.1, -0.05) is 19.9 Å². The third-order valence-electron chi connectivity index (χ3n) is 2.95. The molecule has 2 rings (SSSR count). The molecule has 0 aliphatic heterocycles. The van der Waals surface area contributed by atoms with Crippen LogP contribution in [0.25, 0.3) is 0 Å². The van der Waals surface area contributed by atoms with Gasteiger partial charge in [0.1, 0.15) is 5.75 Å². The molecule has 0 bridgehead atoms. The zero-order valence-electron chi connectivity index (χ0n) is 11.8. The van der Waals surface area contributed by atoms with Crippen LogP contribution in [0.1, 0.15) is 25.0 Å². The van der Waals surface area contributed by atoms with Gasteiger partial charge in [-0.3, -0.25) is 4.68 Å². The molecule has 19 heavy (non-hydrogen) atoms. The van der Waals surface area contributed by atoms with E-state index in [0.717, 1.165) is 24.4 Å². The minimum Gasteiger partial charge on any atom is -0.496 e. The minimum absolute atomic E-state index is 0.483.